The molecule has 0 spiro atoms. The van der Waals surface area contributed by atoms with Crippen LogP contribution < -0.4 is 0 Å². The van der Waals surface area contributed by atoms with Crippen molar-refractivity contribution in [3.05, 3.63) is 72.4 Å². The number of fused-ring (bicyclic) bond motifs is 1. The second-order valence-corrected chi connectivity index (χ2v) is 7.32. The summed E-state index contributed by atoms with van der Waals surface area (Å²) >= 11 is 0. The molecule has 0 aliphatic heterocycles. The summed E-state index contributed by atoms with van der Waals surface area (Å²) in [6.07, 6.45) is 0.663. The fourth-order valence-electron chi connectivity index (χ4n) is 3.52. The van der Waals surface area contributed by atoms with Crippen LogP contribution in [0.1, 0.15) is 5.56 Å². The van der Waals surface area contributed by atoms with Gasteiger partial charge in [-0.3, -0.25) is 4.90 Å². The summed E-state index contributed by atoms with van der Waals surface area (Å²) < 4.78 is 7.62. The van der Waals surface area contributed by atoms with Gasteiger partial charge in [0.25, 0.3) is 0 Å². The highest BCUT2D eigenvalue weighted by Crippen LogP contribution is 2.15. The second-order valence-electron chi connectivity index (χ2n) is 7.32. The third kappa shape index (κ3) is 6.66. The Kier molecular flexibility index (Phi) is 8.22. The highest BCUT2D eigenvalue weighted by molar-refractivity contribution is 5.79. The van der Waals surface area contributed by atoms with Gasteiger partial charge >= 0.3 is 0 Å². The summed E-state index contributed by atoms with van der Waals surface area (Å²) in [6, 6.07) is 19.9. The topological polar surface area (TPSA) is 78.1 Å². The molecule has 0 saturated carbocycles. The van der Waals surface area contributed by atoms with E-state index in [0.717, 1.165) is 16.5 Å². The molecule has 3 aromatic rings. The Morgan fingerprint density at radius 2 is 1.62 bits per heavy atom. The van der Waals surface area contributed by atoms with E-state index in [2.05, 4.69) is 0 Å². The van der Waals surface area contributed by atoms with Gasteiger partial charge in [-0.15, -0.1) is 0 Å². The van der Waals surface area contributed by atoms with Crippen molar-refractivity contribution in [2.24, 2.45) is 0 Å². The first-order chi connectivity index (χ1) is 14.2. The molecule has 0 unspecified atom stereocenters. The number of hydrogen-bond acceptors (Lipinski definition) is 5. The summed E-state index contributed by atoms with van der Waals surface area (Å²) in [7, 11) is 0. The fraction of sp³-hybridized carbons (Fsp3) is 0.391. The van der Waals surface area contributed by atoms with E-state index in [4.69, 9.17) is 4.74 Å². The minimum Gasteiger partial charge on any atom is -0.395 e. The third-order valence-corrected chi connectivity index (χ3v) is 4.86. The maximum absolute atomic E-state index is 10.6. The van der Waals surface area contributed by atoms with Crippen LogP contribution in [-0.4, -0.2) is 69.8 Å². The Hall–Kier alpha value is -2.22. The lowest BCUT2D eigenvalue weighted by atomic mass is 10.2. The largest absolute Gasteiger partial charge is 0.395 e. The monoisotopic (exact) mass is 398 g/mol. The van der Waals surface area contributed by atoms with Crippen LogP contribution in [0.2, 0.25) is 0 Å². The molecule has 0 amide bonds. The minimum atomic E-state index is -0.690. The Labute approximate surface area is 171 Å². The SMILES string of the molecule is OCCN(C[C@H](O)COCc1ccccc1)C[C@H](O)Cn1ccc2ccccc21. The average molecular weight is 399 g/mol. The first kappa shape index (κ1) is 21.5. The number of aliphatic hydroxyl groups is 3. The van der Waals surface area contributed by atoms with E-state index < -0.39 is 12.2 Å². The molecule has 2 aromatic carbocycles. The van der Waals surface area contributed by atoms with Gasteiger partial charge in [0.2, 0.25) is 0 Å². The van der Waals surface area contributed by atoms with Gasteiger partial charge < -0.3 is 24.6 Å². The molecule has 0 radical (unpaired) electrons. The van der Waals surface area contributed by atoms with Crippen molar-refractivity contribution in [3.8, 4) is 0 Å². The standard InChI is InChI=1S/C23H30N2O4/c26-13-12-24(15-22(28)18-29-17-19-6-2-1-3-7-19)14-21(27)16-25-11-10-20-8-4-5-9-23(20)25/h1-11,21-22,26-28H,12-18H2/t21-,22-/m0/s1. The van der Waals surface area contributed by atoms with Crippen LogP contribution in [0, 0.1) is 0 Å². The van der Waals surface area contributed by atoms with Crippen molar-refractivity contribution in [1.82, 2.24) is 9.47 Å². The quantitative estimate of drug-likeness (QED) is 0.434. The first-order valence-electron chi connectivity index (χ1n) is 10.0. The molecule has 0 aliphatic carbocycles. The lowest BCUT2D eigenvalue weighted by Crippen LogP contribution is -2.42. The van der Waals surface area contributed by atoms with Crippen LogP contribution in [0.3, 0.4) is 0 Å². The number of nitrogens with zero attached hydrogens (tertiary/aromatic N) is 2. The van der Waals surface area contributed by atoms with Gasteiger partial charge in [0.05, 0.1) is 32.0 Å². The summed E-state index contributed by atoms with van der Waals surface area (Å²) in [6.45, 7) is 2.16. The van der Waals surface area contributed by atoms with E-state index >= 15 is 0 Å². The molecule has 3 N–H and O–H groups in total. The van der Waals surface area contributed by atoms with Gasteiger partial charge in [-0.25, -0.2) is 0 Å². The maximum Gasteiger partial charge on any atom is 0.0900 e. The zero-order valence-electron chi connectivity index (χ0n) is 16.6. The number of ether oxygens (including phenoxy) is 1. The molecule has 0 saturated heterocycles. The molecule has 2 atom stereocenters. The fourth-order valence-corrected chi connectivity index (χ4v) is 3.52. The average Bonchev–Trinajstić information content (AvgIpc) is 3.12. The lowest BCUT2D eigenvalue weighted by Gasteiger charge is -2.27. The smallest absolute Gasteiger partial charge is 0.0900 e. The van der Waals surface area contributed by atoms with Crippen LogP contribution in [0.15, 0.2) is 66.9 Å². The van der Waals surface area contributed by atoms with Gasteiger partial charge in [0.15, 0.2) is 0 Å². The molecule has 156 valence electrons. The Morgan fingerprint density at radius 3 is 2.41 bits per heavy atom. The lowest BCUT2D eigenvalue weighted by molar-refractivity contribution is -0.00208. The molecular formula is C23H30N2O4. The van der Waals surface area contributed by atoms with E-state index in [1.54, 1.807) is 0 Å². The summed E-state index contributed by atoms with van der Waals surface area (Å²) in [5, 5.41) is 31.3. The van der Waals surface area contributed by atoms with Crippen LogP contribution in [0.25, 0.3) is 10.9 Å². The number of hydrogen-bond donors (Lipinski definition) is 3. The number of para-hydroxylation sites is 1. The molecule has 0 bridgehead atoms. The summed E-state index contributed by atoms with van der Waals surface area (Å²) in [4.78, 5) is 1.87. The predicted octanol–water partition coefficient (Wildman–Crippen LogP) is 1.87. The molecule has 0 aliphatic rings. The van der Waals surface area contributed by atoms with Crippen molar-refractivity contribution in [2.75, 3.05) is 32.8 Å². The van der Waals surface area contributed by atoms with Gasteiger partial charge in [-0.05, 0) is 23.1 Å². The van der Waals surface area contributed by atoms with Crippen molar-refractivity contribution in [3.63, 3.8) is 0 Å². The molecule has 6 nitrogen and oxygen atoms in total. The molecule has 6 heteroatoms. The number of aromatic nitrogens is 1. The van der Waals surface area contributed by atoms with E-state index in [-0.39, 0.29) is 13.2 Å². The highest BCUT2D eigenvalue weighted by atomic mass is 16.5. The van der Waals surface area contributed by atoms with Crippen LogP contribution >= 0.6 is 0 Å². The summed E-state index contributed by atoms with van der Waals surface area (Å²) in [5.41, 5.74) is 2.14. The molecule has 29 heavy (non-hydrogen) atoms. The van der Waals surface area contributed by atoms with E-state index in [1.807, 2.05) is 76.3 Å². The van der Waals surface area contributed by atoms with E-state index in [1.165, 1.54) is 0 Å². The van der Waals surface area contributed by atoms with Crippen molar-refractivity contribution in [1.29, 1.82) is 0 Å². The molecule has 1 aromatic heterocycles. The van der Waals surface area contributed by atoms with Gasteiger partial charge in [0, 0.05) is 37.9 Å². The normalized spacial score (nSPS) is 13.8. The first-order valence-corrected chi connectivity index (χ1v) is 10.0. The van der Waals surface area contributed by atoms with E-state index in [0.29, 0.717) is 32.8 Å². The minimum absolute atomic E-state index is 0.0310. The molecule has 3 rings (SSSR count). The van der Waals surface area contributed by atoms with Crippen LogP contribution in [0.4, 0.5) is 0 Å². The molecule has 1 heterocycles. The Bertz CT molecular complexity index is 852. The zero-order chi connectivity index (χ0) is 20.5. The summed E-state index contributed by atoms with van der Waals surface area (Å²) in [5.74, 6) is 0. The van der Waals surface area contributed by atoms with Crippen molar-refractivity contribution < 1.29 is 20.1 Å². The zero-order valence-corrected chi connectivity index (χ0v) is 16.6. The number of benzene rings is 2. The van der Waals surface area contributed by atoms with Crippen LogP contribution in [0.5, 0.6) is 0 Å². The predicted molar refractivity (Wildman–Crippen MR) is 114 cm³/mol. The Balaban J connectivity index is 1.46. The van der Waals surface area contributed by atoms with Gasteiger partial charge in [-0.2, -0.15) is 0 Å². The van der Waals surface area contributed by atoms with Crippen LogP contribution in [-0.2, 0) is 17.9 Å². The number of aliphatic hydroxyl groups excluding tert-OH is 3. The van der Waals surface area contributed by atoms with Gasteiger partial charge in [0.1, 0.15) is 0 Å². The second kappa shape index (κ2) is 11.1. The third-order valence-electron chi connectivity index (χ3n) is 4.86. The molecule has 0 fully saturated rings. The number of rotatable bonds is 12. The highest BCUT2D eigenvalue weighted by Gasteiger charge is 2.16. The van der Waals surface area contributed by atoms with E-state index in [9.17, 15) is 15.3 Å². The van der Waals surface area contributed by atoms with Gasteiger partial charge in [-0.1, -0.05) is 48.5 Å². The Morgan fingerprint density at radius 1 is 0.897 bits per heavy atom. The van der Waals surface area contributed by atoms with Crippen molar-refractivity contribution >= 4 is 10.9 Å². The van der Waals surface area contributed by atoms with Crippen molar-refractivity contribution in [2.45, 2.75) is 25.4 Å². The molecular weight excluding hydrogens is 368 g/mol. The maximum atomic E-state index is 10.6.